The van der Waals surface area contributed by atoms with Gasteiger partial charge in [0.15, 0.2) is 0 Å². The maximum absolute atomic E-state index is 11.4. The van der Waals surface area contributed by atoms with E-state index in [0.29, 0.717) is 6.04 Å². The topological polar surface area (TPSA) is 58.1 Å². The van der Waals surface area contributed by atoms with Gasteiger partial charge in [0.1, 0.15) is 10.7 Å². The molecule has 6 heteroatoms. The van der Waals surface area contributed by atoms with Crippen molar-refractivity contribution in [3.05, 3.63) is 22.0 Å². The van der Waals surface area contributed by atoms with Crippen LogP contribution >= 0.6 is 11.3 Å². The summed E-state index contributed by atoms with van der Waals surface area (Å²) in [5.41, 5.74) is 2.37. The predicted octanol–water partition coefficient (Wildman–Crippen LogP) is 2.72. The van der Waals surface area contributed by atoms with Crippen molar-refractivity contribution in [2.75, 3.05) is 13.1 Å². The highest BCUT2D eigenvalue weighted by atomic mass is 32.1. The normalized spacial score (nSPS) is 16.3. The minimum atomic E-state index is 0.188. The first-order valence-corrected chi connectivity index (χ1v) is 8.99. The van der Waals surface area contributed by atoms with Crippen molar-refractivity contribution in [3.8, 4) is 0 Å². The number of hydrogen-bond acceptors (Lipinski definition) is 5. The fraction of sp³-hybridized carbons (Fsp3) is 0.588. The molecule has 2 aromatic rings. The highest BCUT2D eigenvalue weighted by Gasteiger charge is 2.21. The zero-order chi connectivity index (χ0) is 16.6. The quantitative estimate of drug-likeness (QED) is 0.939. The Morgan fingerprint density at radius 2 is 1.96 bits per heavy atom. The van der Waals surface area contributed by atoms with Gasteiger partial charge >= 0.3 is 0 Å². The molecule has 124 valence electrons. The Hall–Kier alpha value is -1.53. The van der Waals surface area contributed by atoms with Gasteiger partial charge in [-0.3, -0.25) is 4.79 Å². The maximum atomic E-state index is 11.4. The molecule has 23 heavy (non-hydrogen) atoms. The molecule has 0 saturated carbocycles. The van der Waals surface area contributed by atoms with E-state index in [9.17, 15) is 4.79 Å². The fourth-order valence-electron chi connectivity index (χ4n) is 3.32. The number of aromatic nitrogens is 2. The van der Waals surface area contributed by atoms with E-state index in [4.69, 9.17) is 0 Å². The first-order valence-electron chi connectivity index (χ1n) is 8.18. The molecule has 3 rings (SSSR count). The van der Waals surface area contributed by atoms with E-state index in [1.165, 1.54) is 15.8 Å². The summed E-state index contributed by atoms with van der Waals surface area (Å²) in [6.07, 6.45) is 2.06. The summed E-state index contributed by atoms with van der Waals surface area (Å²) in [5, 5.41) is 4.87. The van der Waals surface area contributed by atoms with Crippen LogP contribution in [0.3, 0.4) is 0 Å². The summed E-state index contributed by atoms with van der Waals surface area (Å²) >= 11 is 1.77. The van der Waals surface area contributed by atoms with Crippen LogP contribution in [0.5, 0.6) is 0 Å². The van der Waals surface area contributed by atoms with Gasteiger partial charge in [0.2, 0.25) is 5.91 Å². The van der Waals surface area contributed by atoms with E-state index in [1.807, 2.05) is 11.8 Å². The monoisotopic (exact) mass is 332 g/mol. The van der Waals surface area contributed by atoms with E-state index in [-0.39, 0.29) is 5.91 Å². The molecule has 0 aliphatic carbocycles. The van der Waals surface area contributed by atoms with Gasteiger partial charge in [-0.05, 0) is 39.2 Å². The van der Waals surface area contributed by atoms with Crippen LogP contribution in [0.15, 0.2) is 0 Å². The van der Waals surface area contributed by atoms with Gasteiger partial charge in [0, 0.05) is 48.6 Å². The van der Waals surface area contributed by atoms with Crippen molar-refractivity contribution in [1.82, 2.24) is 20.2 Å². The number of amides is 1. The van der Waals surface area contributed by atoms with E-state index in [1.54, 1.807) is 18.3 Å². The molecule has 3 heterocycles. The molecular formula is C17H24N4OS. The first kappa shape index (κ1) is 16.3. The number of thiophene rings is 1. The van der Waals surface area contributed by atoms with E-state index < -0.39 is 0 Å². The zero-order valence-corrected chi connectivity index (χ0v) is 15.1. The molecule has 1 aliphatic heterocycles. The SMILES string of the molecule is CC(=O)N1CCC(NCc2sc3nc(C)nc(C)c3c2C)CC1. The second kappa shape index (κ2) is 6.53. The number of aryl methyl sites for hydroxylation is 3. The van der Waals surface area contributed by atoms with Crippen molar-refractivity contribution in [3.63, 3.8) is 0 Å². The van der Waals surface area contributed by atoms with Gasteiger partial charge in [0.25, 0.3) is 0 Å². The zero-order valence-electron chi connectivity index (χ0n) is 14.3. The van der Waals surface area contributed by atoms with Gasteiger partial charge in [-0.1, -0.05) is 0 Å². The highest BCUT2D eigenvalue weighted by Crippen LogP contribution is 2.31. The summed E-state index contributed by atoms with van der Waals surface area (Å²) in [6, 6.07) is 0.490. The lowest BCUT2D eigenvalue weighted by Gasteiger charge is -2.31. The average molecular weight is 332 g/mol. The lowest BCUT2D eigenvalue weighted by atomic mass is 10.0. The Morgan fingerprint density at radius 1 is 1.26 bits per heavy atom. The van der Waals surface area contributed by atoms with Crippen molar-refractivity contribution < 1.29 is 4.79 Å². The molecular weight excluding hydrogens is 308 g/mol. The number of carbonyl (C=O) groups excluding carboxylic acids is 1. The second-order valence-corrected chi connectivity index (χ2v) is 7.43. The average Bonchev–Trinajstić information content (AvgIpc) is 2.81. The van der Waals surface area contributed by atoms with Crippen LogP contribution in [0.2, 0.25) is 0 Å². The summed E-state index contributed by atoms with van der Waals surface area (Å²) in [4.78, 5) is 24.8. The smallest absolute Gasteiger partial charge is 0.219 e. The summed E-state index contributed by atoms with van der Waals surface area (Å²) in [7, 11) is 0. The lowest BCUT2D eigenvalue weighted by Crippen LogP contribution is -2.43. The Kier molecular flexibility index (Phi) is 4.64. The highest BCUT2D eigenvalue weighted by molar-refractivity contribution is 7.18. The van der Waals surface area contributed by atoms with Gasteiger partial charge in [-0.25, -0.2) is 9.97 Å². The molecule has 0 aromatic carbocycles. The minimum Gasteiger partial charge on any atom is -0.343 e. The predicted molar refractivity (Wildman–Crippen MR) is 93.7 cm³/mol. The number of hydrogen-bond donors (Lipinski definition) is 1. The lowest BCUT2D eigenvalue weighted by molar-refractivity contribution is -0.129. The van der Waals surface area contributed by atoms with E-state index >= 15 is 0 Å². The number of piperidine rings is 1. The summed E-state index contributed by atoms with van der Waals surface area (Å²) in [5.74, 6) is 1.03. The number of nitrogens with zero attached hydrogens (tertiary/aromatic N) is 3. The van der Waals surface area contributed by atoms with E-state index in [0.717, 1.165) is 48.8 Å². The van der Waals surface area contributed by atoms with Crippen molar-refractivity contribution >= 4 is 27.5 Å². The van der Waals surface area contributed by atoms with Crippen LogP contribution < -0.4 is 5.32 Å². The van der Waals surface area contributed by atoms with Crippen molar-refractivity contribution in [2.24, 2.45) is 0 Å². The fourth-order valence-corrected chi connectivity index (χ4v) is 4.55. The first-order chi connectivity index (χ1) is 11.0. The number of likely N-dealkylation sites (tertiary alicyclic amines) is 1. The molecule has 1 amide bonds. The Bertz CT molecular complexity index is 732. The molecule has 5 nitrogen and oxygen atoms in total. The number of nitrogens with one attached hydrogen (secondary N) is 1. The Balaban J connectivity index is 1.67. The molecule has 0 bridgehead atoms. The van der Waals surface area contributed by atoms with Crippen LogP contribution in [-0.4, -0.2) is 39.9 Å². The van der Waals surface area contributed by atoms with Crippen LogP contribution in [0.4, 0.5) is 0 Å². The van der Waals surface area contributed by atoms with Crippen LogP contribution in [0, 0.1) is 20.8 Å². The molecule has 1 fully saturated rings. The van der Waals surface area contributed by atoms with Gasteiger partial charge in [-0.2, -0.15) is 0 Å². The van der Waals surface area contributed by atoms with Crippen molar-refractivity contribution in [2.45, 2.75) is 53.1 Å². The van der Waals surface area contributed by atoms with Crippen LogP contribution in [-0.2, 0) is 11.3 Å². The molecule has 1 aliphatic rings. The van der Waals surface area contributed by atoms with Crippen LogP contribution in [0.1, 0.15) is 41.7 Å². The minimum absolute atomic E-state index is 0.188. The molecule has 1 saturated heterocycles. The second-order valence-electron chi connectivity index (χ2n) is 6.35. The largest absolute Gasteiger partial charge is 0.343 e. The third-order valence-corrected chi connectivity index (χ3v) is 5.86. The number of carbonyl (C=O) groups is 1. The Labute approximate surface area is 141 Å². The standard InChI is InChI=1S/C17H24N4OS/c1-10-15(23-17-16(10)11(2)19-12(3)20-17)9-18-14-5-7-21(8-6-14)13(4)22/h14,18H,5-9H2,1-4H3. The van der Waals surface area contributed by atoms with Gasteiger partial charge in [-0.15, -0.1) is 11.3 Å². The molecule has 1 N–H and O–H groups in total. The number of rotatable bonds is 3. The van der Waals surface area contributed by atoms with Crippen LogP contribution in [0.25, 0.3) is 10.2 Å². The number of fused-ring (bicyclic) bond motifs is 1. The Morgan fingerprint density at radius 3 is 2.61 bits per heavy atom. The third-order valence-electron chi connectivity index (χ3n) is 4.67. The van der Waals surface area contributed by atoms with Gasteiger partial charge in [0.05, 0.1) is 0 Å². The van der Waals surface area contributed by atoms with E-state index in [2.05, 4.69) is 29.1 Å². The third kappa shape index (κ3) is 3.38. The molecule has 0 unspecified atom stereocenters. The van der Waals surface area contributed by atoms with Gasteiger partial charge < -0.3 is 10.2 Å². The summed E-state index contributed by atoms with van der Waals surface area (Å²) in [6.45, 7) is 10.4. The molecule has 2 aromatic heterocycles. The van der Waals surface area contributed by atoms with Crippen molar-refractivity contribution in [1.29, 1.82) is 0 Å². The molecule has 0 radical (unpaired) electrons. The molecule has 0 spiro atoms. The molecule has 0 atom stereocenters. The maximum Gasteiger partial charge on any atom is 0.219 e. The summed E-state index contributed by atoms with van der Waals surface area (Å²) < 4.78 is 0.